The molecule has 2 aromatic heterocycles. The number of ether oxygens (including phenoxy) is 1. The minimum Gasteiger partial charge on any atom is -0.373 e. The van der Waals surface area contributed by atoms with Gasteiger partial charge < -0.3 is 10.1 Å². The third-order valence-electron chi connectivity index (χ3n) is 2.34. The number of hydrogen-bond acceptors (Lipinski definition) is 5. The molecule has 96 valence electrons. The SMILES string of the molecule is C=CCOC(C)CNc1nc(Cl)nc2[nH]ncc12. The summed E-state index contributed by atoms with van der Waals surface area (Å²) in [7, 11) is 0. The maximum absolute atomic E-state index is 5.83. The summed E-state index contributed by atoms with van der Waals surface area (Å²) in [6.45, 7) is 6.70. The molecule has 0 bridgehead atoms. The van der Waals surface area contributed by atoms with Gasteiger partial charge in [0.1, 0.15) is 5.82 Å². The predicted molar refractivity (Wildman–Crippen MR) is 70.8 cm³/mol. The molecule has 0 saturated heterocycles. The van der Waals surface area contributed by atoms with Crippen molar-refractivity contribution in [2.45, 2.75) is 13.0 Å². The Labute approximate surface area is 109 Å². The van der Waals surface area contributed by atoms with Gasteiger partial charge in [-0.05, 0) is 18.5 Å². The van der Waals surface area contributed by atoms with Gasteiger partial charge in [-0.3, -0.25) is 5.10 Å². The highest BCUT2D eigenvalue weighted by atomic mass is 35.5. The summed E-state index contributed by atoms with van der Waals surface area (Å²) in [6.07, 6.45) is 3.41. The van der Waals surface area contributed by atoms with Crippen LogP contribution in [-0.4, -0.2) is 39.4 Å². The van der Waals surface area contributed by atoms with Gasteiger partial charge in [0.15, 0.2) is 5.65 Å². The van der Waals surface area contributed by atoms with Crippen LogP contribution < -0.4 is 5.32 Å². The lowest BCUT2D eigenvalue weighted by molar-refractivity contribution is 0.0979. The molecule has 18 heavy (non-hydrogen) atoms. The summed E-state index contributed by atoms with van der Waals surface area (Å²) >= 11 is 5.83. The van der Waals surface area contributed by atoms with Crippen molar-refractivity contribution in [3.8, 4) is 0 Å². The van der Waals surface area contributed by atoms with E-state index in [0.717, 1.165) is 5.39 Å². The van der Waals surface area contributed by atoms with Gasteiger partial charge in [0.25, 0.3) is 0 Å². The van der Waals surface area contributed by atoms with Gasteiger partial charge in [-0.15, -0.1) is 6.58 Å². The summed E-state index contributed by atoms with van der Waals surface area (Å²) in [5, 5.41) is 10.8. The Hall–Kier alpha value is -1.66. The summed E-state index contributed by atoms with van der Waals surface area (Å²) < 4.78 is 5.46. The minimum absolute atomic E-state index is 0.0405. The van der Waals surface area contributed by atoms with Gasteiger partial charge in [0, 0.05) is 6.54 Å². The summed E-state index contributed by atoms with van der Waals surface area (Å²) in [5.41, 5.74) is 0.608. The Balaban J connectivity index is 2.06. The number of aromatic amines is 1. The van der Waals surface area contributed by atoms with Crippen molar-refractivity contribution in [2.75, 3.05) is 18.5 Å². The summed E-state index contributed by atoms with van der Waals surface area (Å²) in [5.74, 6) is 0.646. The number of halogens is 1. The molecule has 1 unspecified atom stereocenters. The molecule has 0 fully saturated rings. The average molecular weight is 268 g/mol. The van der Waals surface area contributed by atoms with E-state index in [1.165, 1.54) is 0 Å². The third-order valence-corrected chi connectivity index (χ3v) is 2.51. The molecule has 0 saturated carbocycles. The van der Waals surface area contributed by atoms with E-state index in [9.17, 15) is 0 Å². The number of nitrogens with one attached hydrogen (secondary N) is 2. The number of hydrogen-bond donors (Lipinski definition) is 2. The minimum atomic E-state index is 0.0405. The van der Waals surface area contributed by atoms with Crippen LogP contribution in [-0.2, 0) is 4.74 Å². The van der Waals surface area contributed by atoms with E-state index >= 15 is 0 Å². The maximum atomic E-state index is 5.83. The molecule has 0 aromatic carbocycles. The number of rotatable bonds is 6. The summed E-state index contributed by atoms with van der Waals surface area (Å²) in [4.78, 5) is 8.16. The largest absolute Gasteiger partial charge is 0.373 e. The monoisotopic (exact) mass is 267 g/mol. The van der Waals surface area contributed by atoms with Crippen molar-refractivity contribution in [3.63, 3.8) is 0 Å². The molecule has 0 spiro atoms. The Bertz CT molecular complexity index is 541. The molecular formula is C11H14ClN5O. The molecule has 2 aromatic rings. The molecule has 1 atom stereocenters. The van der Waals surface area contributed by atoms with E-state index in [1.807, 2.05) is 6.92 Å². The van der Waals surface area contributed by atoms with Crippen molar-refractivity contribution in [2.24, 2.45) is 0 Å². The van der Waals surface area contributed by atoms with Gasteiger partial charge in [-0.2, -0.15) is 15.1 Å². The zero-order valence-electron chi connectivity index (χ0n) is 9.98. The fourth-order valence-corrected chi connectivity index (χ4v) is 1.64. The van der Waals surface area contributed by atoms with Gasteiger partial charge in [0.2, 0.25) is 5.28 Å². The number of anilines is 1. The topological polar surface area (TPSA) is 75.7 Å². The fourth-order valence-electron chi connectivity index (χ4n) is 1.47. The number of fused-ring (bicyclic) bond motifs is 1. The molecular weight excluding hydrogens is 254 g/mol. The molecule has 0 aliphatic carbocycles. The van der Waals surface area contributed by atoms with Crippen LogP contribution in [0.4, 0.5) is 5.82 Å². The molecule has 6 nitrogen and oxygen atoms in total. The molecule has 2 rings (SSSR count). The van der Waals surface area contributed by atoms with E-state index in [0.29, 0.717) is 24.6 Å². The zero-order valence-corrected chi connectivity index (χ0v) is 10.7. The third kappa shape index (κ3) is 2.96. The second kappa shape index (κ2) is 5.79. The smallest absolute Gasteiger partial charge is 0.226 e. The Morgan fingerprint density at radius 1 is 1.61 bits per heavy atom. The first-order valence-electron chi connectivity index (χ1n) is 5.53. The van der Waals surface area contributed by atoms with E-state index in [1.54, 1.807) is 12.3 Å². The number of aromatic nitrogens is 4. The lowest BCUT2D eigenvalue weighted by Crippen LogP contribution is -2.20. The van der Waals surface area contributed by atoms with Gasteiger partial charge >= 0.3 is 0 Å². The second-order valence-corrected chi connectivity index (χ2v) is 4.13. The Morgan fingerprint density at radius 3 is 3.22 bits per heavy atom. The van der Waals surface area contributed by atoms with E-state index in [4.69, 9.17) is 16.3 Å². The highest BCUT2D eigenvalue weighted by Crippen LogP contribution is 2.19. The first-order chi connectivity index (χ1) is 8.70. The molecule has 0 radical (unpaired) electrons. The highest BCUT2D eigenvalue weighted by molar-refractivity contribution is 6.28. The fraction of sp³-hybridized carbons (Fsp3) is 0.364. The summed E-state index contributed by atoms with van der Waals surface area (Å²) in [6, 6.07) is 0. The molecule has 2 N–H and O–H groups in total. The number of H-pyrrole nitrogens is 1. The van der Waals surface area contributed by atoms with Crippen LogP contribution in [0.2, 0.25) is 5.28 Å². The van der Waals surface area contributed by atoms with Crippen LogP contribution in [0, 0.1) is 0 Å². The first-order valence-corrected chi connectivity index (χ1v) is 5.91. The molecule has 0 aliphatic heterocycles. The number of nitrogens with zero attached hydrogens (tertiary/aromatic N) is 3. The molecule has 0 amide bonds. The van der Waals surface area contributed by atoms with Crippen molar-refractivity contribution in [3.05, 3.63) is 24.1 Å². The van der Waals surface area contributed by atoms with Crippen molar-refractivity contribution in [1.82, 2.24) is 20.2 Å². The first kappa shape index (κ1) is 12.8. The van der Waals surface area contributed by atoms with Gasteiger partial charge in [-0.1, -0.05) is 6.08 Å². The van der Waals surface area contributed by atoms with Crippen LogP contribution in [0.1, 0.15) is 6.92 Å². The van der Waals surface area contributed by atoms with Gasteiger partial charge in [0.05, 0.1) is 24.3 Å². The highest BCUT2D eigenvalue weighted by Gasteiger charge is 2.09. The average Bonchev–Trinajstić information content (AvgIpc) is 2.81. The lowest BCUT2D eigenvalue weighted by atomic mass is 10.3. The molecule has 7 heteroatoms. The quantitative estimate of drug-likeness (QED) is 0.618. The van der Waals surface area contributed by atoms with Crippen molar-refractivity contribution >= 4 is 28.5 Å². The zero-order chi connectivity index (χ0) is 13.0. The lowest BCUT2D eigenvalue weighted by Gasteiger charge is -2.13. The standard InChI is InChI=1S/C11H14ClN5O/c1-3-4-18-7(2)5-13-9-8-6-14-17-10(8)16-11(12)15-9/h3,6-7H,1,4-5H2,2H3,(H2,13,14,15,16,17). The van der Waals surface area contributed by atoms with Crippen LogP contribution in [0.25, 0.3) is 11.0 Å². The van der Waals surface area contributed by atoms with Crippen LogP contribution in [0.3, 0.4) is 0 Å². The van der Waals surface area contributed by atoms with Gasteiger partial charge in [-0.25, -0.2) is 0 Å². The Morgan fingerprint density at radius 2 is 2.44 bits per heavy atom. The van der Waals surface area contributed by atoms with E-state index in [2.05, 4.69) is 32.1 Å². The van der Waals surface area contributed by atoms with Crippen molar-refractivity contribution in [1.29, 1.82) is 0 Å². The Kier molecular flexibility index (Phi) is 4.11. The van der Waals surface area contributed by atoms with Crippen LogP contribution in [0.5, 0.6) is 0 Å². The van der Waals surface area contributed by atoms with Crippen LogP contribution in [0.15, 0.2) is 18.9 Å². The molecule has 2 heterocycles. The predicted octanol–water partition coefficient (Wildman–Crippen LogP) is 2.01. The van der Waals surface area contributed by atoms with Crippen LogP contribution >= 0.6 is 11.6 Å². The normalized spacial score (nSPS) is 12.6. The van der Waals surface area contributed by atoms with E-state index in [-0.39, 0.29) is 11.4 Å². The molecule has 0 aliphatic rings. The van der Waals surface area contributed by atoms with Crippen molar-refractivity contribution < 1.29 is 4.74 Å². The van der Waals surface area contributed by atoms with E-state index < -0.39 is 0 Å². The second-order valence-electron chi connectivity index (χ2n) is 3.79. The maximum Gasteiger partial charge on any atom is 0.226 e.